The molecule has 0 saturated carbocycles. The summed E-state index contributed by atoms with van der Waals surface area (Å²) in [4.78, 5) is 28.3. The van der Waals surface area contributed by atoms with Crippen molar-refractivity contribution in [2.45, 2.75) is 19.0 Å². The zero-order valence-electron chi connectivity index (χ0n) is 21.0. The Balaban J connectivity index is 2.06. The minimum absolute atomic E-state index is 0.0533. The number of hydrogen-bond donors (Lipinski definition) is 1. The number of amides is 2. The van der Waals surface area contributed by atoms with Crippen molar-refractivity contribution in [2.75, 3.05) is 32.0 Å². The average Bonchev–Trinajstić information content (AvgIpc) is 2.90. The summed E-state index contributed by atoms with van der Waals surface area (Å²) in [5.41, 5.74) is 1.32. The SMILES string of the molecule is CNC(=O)[C@@H](Cc1ccccc1)N(Cc1ccccc1)C(=O)CN(c1ccccc1F)S(=O)(=O)N(C)C. The van der Waals surface area contributed by atoms with Crippen LogP contribution >= 0.6 is 0 Å². The lowest BCUT2D eigenvalue weighted by atomic mass is 10.0. The number of para-hydroxylation sites is 1. The Kier molecular flexibility index (Phi) is 9.37. The minimum Gasteiger partial charge on any atom is -0.357 e. The normalized spacial score (nSPS) is 12.1. The number of carbonyl (C=O) groups excluding carboxylic acids is 2. The van der Waals surface area contributed by atoms with Gasteiger partial charge < -0.3 is 10.2 Å². The van der Waals surface area contributed by atoms with Crippen molar-refractivity contribution >= 4 is 27.7 Å². The highest BCUT2D eigenvalue weighted by Gasteiger charge is 2.35. The van der Waals surface area contributed by atoms with E-state index in [1.807, 2.05) is 60.7 Å². The van der Waals surface area contributed by atoms with Crippen molar-refractivity contribution in [1.82, 2.24) is 14.5 Å². The van der Waals surface area contributed by atoms with E-state index < -0.39 is 40.4 Å². The van der Waals surface area contributed by atoms with Crippen molar-refractivity contribution in [1.29, 1.82) is 0 Å². The van der Waals surface area contributed by atoms with Gasteiger partial charge >= 0.3 is 10.2 Å². The number of benzene rings is 3. The Bertz CT molecular complexity index is 1300. The van der Waals surface area contributed by atoms with Crippen LogP contribution in [0.5, 0.6) is 0 Å². The molecule has 0 saturated heterocycles. The van der Waals surface area contributed by atoms with E-state index in [4.69, 9.17) is 0 Å². The fourth-order valence-electron chi connectivity index (χ4n) is 3.86. The summed E-state index contributed by atoms with van der Waals surface area (Å²) in [6.07, 6.45) is 0.208. The Hall–Kier alpha value is -3.76. The highest BCUT2D eigenvalue weighted by Crippen LogP contribution is 2.24. The first-order valence-corrected chi connectivity index (χ1v) is 13.1. The maximum absolute atomic E-state index is 14.7. The van der Waals surface area contributed by atoms with Gasteiger partial charge in [-0.1, -0.05) is 72.8 Å². The molecular formula is C27H31FN4O4S. The van der Waals surface area contributed by atoms with E-state index in [1.54, 1.807) is 0 Å². The van der Waals surface area contributed by atoms with Crippen LogP contribution in [0.4, 0.5) is 10.1 Å². The van der Waals surface area contributed by atoms with Gasteiger partial charge in [0.2, 0.25) is 11.8 Å². The summed E-state index contributed by atoms with van der Waals surface area (Å²) in [5.74, 6) is -1.84. The highest BCUT2D eigenvalue weighted by molar-refractivity contribution is 7.90. The number of likely N-dealkylation sites (N-methyl/N-ethyl adjacent to an activating group) is 1. The molecule has 10 heteroatoms. The molecule has 0 radical (unpaired) electrons. The third-order valence-electron chi connectivity index (χ3n) is 5.85. The predicted molar refractivity (Wildman–Crippen MR) is 141 cm³/mol. The third kappa shape index (κ3) is 6.93. The number of anilines is 1. The van der Waals surface area contributed by atoms with Crippen LogP contribution in [-0.2, 0) is 32.8 Å². The van der Waals surface area contributed by atoms with Crippen LogP contribution in [0, 0.1) is 5.82 Å². The lowest BCUT2D eigenvalue weighted by Gasteiger charge is -2.34. The molecule has 0 aliphatic carbocycles. The van der Waals surface area contributed by atoms with E-state index in [9.17, 15) is 22.4 Å². The maximum atomic E-state index is 14.7. The number of hydrogen-bond acceptors (Lipinski definition) is 4. The molecule has 37 heavy (non-hydrogen) atoms. The van der Waals surface area contributed by atoms with Crippen LogP contribution in [0.25, 0.3) is 0 Å². The largest absolute Gasteiger partial charge is 0.357 e. The second-order valence-electron chi connectivity index (χ2n) is 8.58. The van der Waals surface area contributed by atoms with Crippen LogP contribution in [0.15, 0.2) is 84.9 Å². The van der Waals surface area contributed by atoms with Gasteiger partial charge in [0.1, 0.15) is 18.4 Å². The highest BCUT2D eigenvalue weighted by atomic mass is 32.2. The first kappa shape index (κ1) is 27.8. The van der Waals surface area contributed by atoms with Crippen molar-refractivity contribution in [3.63, 3.8) is 0 Å². The smallest absolute Gasteiger partial charge is 0.304 e. The molecule has 0 heterocycles. The molecule has 0 aliphatic heterocycles. The monoisotopic (exact) mass is 526 g/mol. The summed E-state index contributed by atoms with van der Waals surface area (Å²) < 4.78 is 42.8. The summed E-state index contributed by atoms with van der Waals surface area (Å²) in [6, 6.07) is 22.7. The Morgan fingerprint density at radius 3 is 1.95 bits per heavy atom. The lowest BCUT2D eigenvalue weighted by molar-refractivity contribution is -0.139. The molecule has 3 rings (SSSR count). The van der Waals surface area contributed by atoms with E-state index in [1.165, 1.54) is 44.2 Å². The zero-order valence-corrected chi connectivity index (χ0v) is 21.9. The van der Waals surface area contributed by atoms with Gasteiger partial charge in [0.15, 0.2) is 0 Å². The Morgan fingerprint density at radius 1 is 0.865 bits per heavy atom. The second-order valence-corrected chi connectivity index (χ2v) is 10.6. The Morgan fingerprint density at radius 2 is 1.41 bits per heavy atom. The molecule has 0 spiro atoms. The number of halogens is 1. The average molecular weight is 527 g/mol. The van der Waals surface area contributed by atoms with Crippen molar-refractivity contribution in [2.24, 2.45) is 0 Å². The standard InChI is InChI=1S/C27H31FN4O4S/c1-29-27(34)25(18-21-12-6-4-7-13-21)31(19-22-14-8-5-9-15-22)26(33)20-32(37(35,36)30(2)3)24-17-11-10-16-23(24)28/h4-17,25H,18-20H2,1-3H3,(H,29,34)/t25-/m1/s1. The first-order valence-electron chi connectivity index (χ1n) is 11.7. The fourth-order valence-corrected chi connectivity index (χ4v) is 4.92. The van der Waals surface area contributed by atoms with E-state index in [0.717, 1.165) is 25.8 Å². The predicted octanol–water partition coefficient (Wildman–Crippen LogP) is 2.82. The van der Waals surface area contributed by atoms with Gasteiger partial charge in [-0.15, -0.1) is 0 Å². The van der Waals surface area contributed by atoms with E-state index in [2.05, 4.69) is 5.32 Å². The van der Waals surface area contributed by atoms with Gasteiger partial charge in [-0.3, -0.25) is 9.59 Å². The molecule has 3 aromatic carbocycles. The number of carbonyl (C=O) groups is 2. The summed E-state index contributed by atoms with van der Waals surface area (Å²) in [5, 5.41) is 2.62. The van der Waals surface area contributed by atoms with Crippen LogP contribution in [0.1, 0.15) is 11.1 Å². The van der Waals surface area contributed by atoms with Crippen molar-refractivity contribution in [3.05, 3.63) is 102 Å². The molecule has 1 N–H and O–H groups in total. The number of nitrogens with one attached hydrogen (secondary N) is 1. The fraction of sp³-hybridized carbons (Fsp3) is 0.259. The van der Waals surface area contributed by atoms with Gasteiger partial charge in [0.05, 0.1) is 5.69 Å². The molecular weight excluding hydrogens is 495 g/mol. The number of nitrogens with zero attached hydrogens (tertiary/aromatic N) is 3. The third-order valence-corrected chi connectivity index (χ3v) is 7.66. The molecule has 0 unspecified atom stereocenters. The van der Waals surface area contributed by atoms with E-state index in [0.29, 0.717) is 0 Å². The second kappa shape index (κ2) is 12.5. The van der Waals surface area contributed by atoms with E-state index >= 15 is 0 Å². The van der Waals surface area contributed by atoms with Crippen LogP contribution in [0.2, 0.25) is 0 Å². The van der Waals surface area contributed by atoms with Gasteiger partial charge in [-0.05, 0) is 23.3 Å². The van der Waals surface area contributed by atoms with Gasteiger partial charge in [0, 0.05) is 34.1 Å². The summed E-state index contributed by atoms with van der Waals surface area (Å²) >= 11 is 0. The molecule has 0 aliphatic rings. The van der Waals surface area contributed by atoms with Crippen LogP contribution < -0.4 is 9.62 Å². The lowest BCUT2D eigenvalue weighted by Crippen LogP contribution is -2.54. The minimum atomic E-state index is -4.25. The van der Waals surface area contributed by atoms with Crippen molar-refractivity contribution < 1.29 is 22.4 Å². The molecule has 0 aromatic heterocycles. The quantitative estimate of drug-likeness (QED) is 0.416. The van der Waals surface area contributed by atoms with Gasteiger partial charge in [-0.2, -0.15) is 12.7 Å². The maximum Gasteiger partial charge on any atom is 0.304 e. The molecule has 2 amide bonds. The van der Waals surface area contributed by atoms with Crippen LogP contribution in [-0.4, -0.2) is 63.2 Å². The molecule has 0 bridgehead atoms. The first-order chi connectivity index (χ1) is 17.6. The topological polar surface area (TPSA) is 90.0 Å². The zero-order chi connectivity index (χ0) is 27.0. The summed E-state index contributed by atoms with van der Waals surface area (Å²) in [6.45, 7) is -0.645. The molecule has 196 valence electrons. The number of rotatable bonds is 11. The van der Waals surface area contributed by atoms with Crippen molar-refractivity contribution in [3.8, 4) is 0 Å². The molecule has 8 nitrogen and oxygen atoms in total. The molecule has 1 atom stereocenters. The molecule has 0 fully saturated rings. The van der Waals surface area contributed by atoms with E-state index in [-0.39, 0.29) is 18.7 Å². The van der Waals surface area contributed by atoms with Crippen LogP contribution in [0.3, 0.4) is 0 Å². The van der Waals surface area contributed by atoms with Gasteiger partial charge in [0.25, 0.3) is 0 Å². The van der Waals surface area contributed by atoms with Gasteiger partial charge in [-0.25, -0.2) is 8.70 Å². The summed E-state index contributed by atoms with van der Waals surface area (Å²) in [7, 11) is -0.161. The Labute approximate surface area is 217 Å². The molecule has 3 aromatic rings.